The van der Waals surface area contributed by atoms with Gasteiger partial charge in [0.1, 0.15) is 35.9 Å². The maximum Gasteiger partial charge on any atom is 0.316 e. The van der Waals surface area contributed by atoms with E-state index in [1.54, 1.807) is 20.1 Å². The third-order valence-electron chi connectivity index (χ3n) is 13.5. The smallest absolute Gasteiger partial charge is 0.316 e. The van der Waals surface area contributed by atoms with Crippen LogP contribution in [0.15, 0.2) is 59.3 Å². The molecular formula is C43H62O10. The summed E-state index contributed by atoms with van der Waals surface area (Å²) in [5.74, 6) is -2.04. The van der Waals surface area contributed by atoms with Crippen molar-refractivity contribution in [1.82, 2.24) is 0 Å². The lowest BCUT2D eigenvalue weighted by Crippen LogP contribution is -2.58. The first-order chi connectivity index (χ1) is 25.3. The fourth-order valence-electron chi connectivity index (χ4n) is 10.5. The van der Waals surface area contributed by atoms with Crippen molar-refractivity contribution in [2.45, 2.75) is 159 Å². The number of ether oxygens (including phenoxy) is 6. The molecule has 3 saturated heterocycles. The van der Waals surface area contributed by atoms with Crippen molar-refractivity contribution >= 4 is 5.97 Å². The Hall–Kier alpha value is -2.15. The lowest BCUT2D eigenvalue weighted by atomic mass is 9.71. The quantitative estimate of drug-likeness (QED) is 0.247. The van der Waals surface area contributed by atoms with Crippen LogP contribution in [0.3, 0.4) is 0 Å². The minimum absolute atomic E-state index is 0.00675. The Kier molecular flexibility index (Phi) is 11.6. The monoisotopic (exact) mass is 738 g/mol. The predicted molar refractivity (Wildman–Crippen MR) is 198 cm³/mol. The van der Waals surface area contributed by atoms with Crippen molar-refractivity contribution in [2.75, 3.05) is 13.7 Å². The van der Waals surface area contributed by atoms with Crippen LogP contribution >= 0.6 is 0 Å². The summed E-state index contributed by atoms with van der Waals surface area (Å²) in [6.45, 7) is 10.2. The van der Waals surface area contributed by atoms with Crippen molar-refractivity contribution in [3.63, 3.8) is 0 Å². The maximum atomic E-state index is 14.3. The molecule has 1 spiro atoms. The second-order valence-corrected chi connectivity index (χ2v) is 17.2. The average molecular weight is 739 g/mol. The zero-order valence-corrected chi connectivity index (χ0v) is 32.4. The van der Waals surface area contributed by atoms with E-state index in [9.17, 15) is 20.1 Å². The first kappa shape index (κ1) is 39.1. The lowest BCUT2D eigenvalue weighted by molar-refractivity contribution is -0.301. The van der Waals surface area contributed by atoms with Crippen LogP contribution in [0.4, 0.5) is 0 Å². The summed E-state index contributed by atoms with van der Waals surface area (Å²) in [5.41, 5.74) is 0.427. The Bertz CT molecular complexity index is 1490. The molecule has 10 heteroatoms. The van der Waals surface area contributed by atoms with Gasteiger partial charge in [0.2, 0.25) is 0 Å². The molecule has 15 atom stereocenters. The number of carbonyl (C=O) groups is 1. The number of carbonyl (C=O) groups excluding carboxylic acids is 1. The molecule has 0 aromatic rings. The number of hydrogen-bond donors (Lipinski definition) is 3. The lowest BCUT2D eigenvalue weighted by Gasteiger charge is -2.49. The Labute approximate surface area is 315 Å². The van der Waals surface area contributed by atoms with Crippen LogP contribution in [-0.2, 0) is 33.2 Å². The van der Waals surface area contributed by atoms with E-state index in [4.69, 9.17) is 28.4 Å². The highest BCUT2D eigenvalue weighted by Gasteiger charge is 2.60. The third-order valence-corrected chi connectivity index (χ3v) is 13.5. The summed E-state index contributed by atoms with van der Waals surface area (Å²) in [4.78, 5) is 14.3. The molecule has 0 radical (unpaired) electrons. The Morgan fingerprint density at radius 2 is 1.72 bits per heavy atom. The molecule has 3 N–H and O–H groups in total. The van der Waals surface area contributed by atoms with Crippen molar-refractivity contribution in [1.29, 1.82) is 0 Å². The molecule has 0 aromatic heterocycles. The molecule has 2 aliphatic carbocycles. The molecular weight excluding hydrogens is 676 g/mol. The van der Waals surface area contributed by atoms with Crippen LogP contribution in [0.1, 0.15) is 92.4 Å². The minimum atomic E-state index is -1.79. The van der Waals surface area contributed by atoms with Gasteiger partial charge in [-0.1, -0.05) is 75.1 Å². The van der Waals surface area contributed by atoms with Gasteiger partial charge in [-0.15, -0.1) is 0 Å². The molecule has 294 valence electrons. The molecule has 10 nitrogen and oxygen atoms in total. The topological polar surface area (TPSA) is 133 Å². The molecule has 5 heterocycles. The van der Waals surface area contributed by atoms with Gasteiger partial charge in [-0.05, 0) is 69.1 Å². The summed E-state index contributed by atoms with van der Waals surface area (Å²) >= 11 is 0. The van der Waals surface area contributed by atoms with E-state index < -0.39 is 53.8 Å². The Morgan fingerprint density at radius 1 is 0.943 bits per heavy atom. The predicted octanol–water partition coefficient (Wildman–Crippen LogP) is 5.65. The molecule has 4 fully saturated rings. The molecule has 1 unspecified atom stereocenters. The van der Waals surface area contributed by atoms with Gasteiger partial charge in [-0.25, -0.2) is 0 Å². The number of esters is 1. The van der Waals surface area contributed by atoms with Crippen LogP contribution < -0.4 is 0 Å². The second-order valence-electron chi connectivity index (χ2n) is 17.2. The average Bonchev–Trinajstić information content (AvgIpc) is 3.48. The molecule has 7 rings (SSSR count). The minimum Gasteiger partial charge on any atom is -0.462 e. The standard InChI is InChI=1S/C43H62O10/c1-24-11-10-14-30-23-49-40-37(44)27(4)19-33(43(30,40)47)41(46)51-32-20-31(16-15-25(2)36(24)34-21-35(48-6)38(45)28(5)50-34)52-42(22-32)18-17-26(3)39(53-42)29-12-8-7-9-13-29/h10-11,14-15,17-19,24,26,28-29,31-40,44-45,47H,7-9,12-13,16,20-23H2,1-6H3/b11-10+,25-15+,30-14+/t24-,26-,28-,31+,32-,33-,34?,35-,36-,37+,38-,39-,40+,42+,43+/m0/s1. The van der Waals surface area contributed by atoms with Gasteiger partial charge in [-0.2, -0.15) is 0 Å². The van der Waals surface area contributed by atoms with Gasteiger partial charge in [0, 0.05) is 38.2 Å². The van der Waals surface area contributed by atoms with Crippen LogP contribution in [0, 0.1) is 29.6 Å². The zero-order chi connectivity index (χ0) is 37.7. The Morgan fingerprint density at radius 3 is 2.47 bits per heavy atom. The SMILES string of the molecule is CO[C@H]1CC([C@@H]2/C(C)=C/C[C@@H]3C[C@@H](C[C@]4(C=C[C@H](C)[C@@H](C5CCCCC5)O4)O3)OC(=O)[C@@H]3C=C(C)[C@@H](O)[C@H]4OC/C(=C\C=C\[C@@H]2C)[C@]43O)O[C@@H](C)[C@@H]1O. The van der Waals surface area contributed by atoms with E-state index >= 15 is 0 Å². The number of allylic oxidation sites excluding steroid dienone is 3. The molecule has 7 aliphatic rings. The fourth-order valence-corrected chi connectivity index (χ4v) is 10.5. The number of fused-ring (bicyclic) bond motifs is 2. The summed E-state index contributed by atoms with van der Waals surface area (Å²) in [7, 11) is 1.63. The molecule has 0 aromatic carbocycles. The summed E-state index contributed by atoms with van der Waals surface area (Å²) in [6, 6.07) is 0. The van der Waals surface area contributed by atoms with Crippen molar-refractivity contribution in [3.05, 3.63) is 59.3 Å². The first-order valence-electron chi connectivity index (χ1n) is 20.2. The largest absolute Gasteiger partial charge is 0.462 e. The van der Waals surface area contributed by atoms with Crippen LogP contribution in [0.25, 0.3) is 0 Å². The van der Waals surface area contributed by atoms with E-state index in [-0.39, 0.29) is 48.8 Å². The molecule has 2 bridgehead atoms. The van der Waals surface area contributed by atoms with E-state index in [1.807, 2.05) is 25.2 Å². The highest BCUT2D eigenvalue weighted by atomic mass is 16.7. The van der Waals surface area contributed by atoms with E-state index in [1.165, 1.54) is 19.3 Å². The molecule has 1 saturated carbocycles. The van der Waals surface area contributed by atoms with Gasteiger partial charge in [0.15, 0.2) is 5.79 Å². The highest BCUT2D eigenvalue weighted by molar-refractivity contribution is 5.78. The van der Waals surface area contributed by atoms with Crippen molar-refractivity contribution in [2.24, 2.45) is 29.6 Å². The first-order valence-corrected chi connectivity index (χ1v) is 20.2. The van der Waals surface area contributed by atoms with Crippen molar-refractivity contribution in [3.8, 4) is 0 Å². The number of methoxy groups -OCH3 is 1. The molecule has 53 heavy (non-hydrogen) atoms. The second kappa shape index (κ2) is 15.8. The van der Waals surface area contributed by atoms with Crippen LogP contribution in [0.2, 0.25) is 0 Å². The molecule has 0 amide bonds. The summed E-state index contributed by atoms with van der Waals surface area (Å²) in [6.07, 6.45) is 17.2. The van der Waals surface area contributed by atoms with E-state index in [2.05, 4.69) is 39.0 Å². The van der Waals surface area contributed by atoms with Gasteiger partial charge in [0.05, 0.1) is 37.1 Å². The van der Waals surface area contributed by atoms with Crippen LogP contribution in [-0.4, -0.2) is 101 Å². The van der Waals surface area contributed by atoms with Gasteiger partial charge < -0.3 is 43.7 Å². The van der Waals surface area contributed by atoms with E-state index in [0.717, 1.165) is 18.4 Å². The summed E-state index contributed by atoms with van der Waals surface area (Å²) in [5, 5.41) is 34.4. The van der Waals surface area contributed by atoms with Gasteiger partial charge in [-0.3, -0.25) is 4.79 Å². The maximum absolute atomic E-state index is 14.3. The number of rotatable bonds is 3. The van der Waals surface area contributed by atoms with E-state index in [0.29, 0.717) is 42.7 Å². The number of aliphatic hydroxyl groups excluding tert-OH is 2. The highest BCUT2D eigenvalue weighted by Crippen LogP contribution is 2.48. The fraction of sp³-hybridized carbons (Fsp3) is 0.744. The van der Waals surface area contributed by atoms with Crippen LogP contribution in [0.5, 0.6) is 0 Å². The normalized spacial score (nSPS) is 49.6. The summed E-state index contributed by atoms with van der Waals surface area (Å²) < 4.78 is 38.7. The molecule has 5 aliphatic heterocycles. The third kappa shape index (κ3) is 7.56. The van der Waals surface area contributed by atoms with Gasteiger partial charge in [0.25, 0.3) is 0 Å². The Balaban J connectivity index is 1.27. The zero-order valence-electron chi connectivity index (χ0n) is 32.4. The van der Waals surface area contributed by atoms with Gasteiger partial charge >= 0.3 is 5.97 Å². The van der Waals surface area contributed by atoms with Crippen molar-refractivity contribution < 1.29 is 48.5 Å². The number of aliphatic hydroxyl groups is 3. The number of hydrogen-bond acceptors (Lipinski definition) is 10.